The number of aromatic nitrogens is 2. The number of hydrogen-bond donors (Lipinski definition) is 1. The molecule has 1 amide bonds. The molecule has 1 heterocycles. The van der Waals surface area contributed by atoms with Crippen molar-refractivity contribution in [2.24, 2.45) is 17.8 Å². The van der Waals surface area contributed by atoms with Crippen molar-refractivity contribution in [2.75, 3.05) is 5.32 Å². The van der Waals surface area contributed by atoms with E-state index in [9.17, 15) is 4.79 Å². The third kappa shape index (κ3) is 2.11. The van der Waals surface area contributed by atoms with Crippen molar-refractivity contribution in [3.63, 3.8) is 0 Å². The van der Waals surface area contributed by atoms with Crippen LogP contribution in [0.5, 0.6) is 0 Å². The highest BCUT2D eigenvalue weighted by molar-refractivity contribution is 5.93. The smallest absolute Gasteiger partial charge is 0.227 e. The largest absolute Gasteiger partial charge is 0.326 e. The Kier molecular flexibility index (Phi) is 2.62. The molecule has 4 rings (SSSR count). The zero-order valence-corrected chi connectivity index (χ0v) is 11.2. The third-order valence-corrected chi connectivity index (χ3v) is 4.50. The first-order valence-electron chi connectivity index (χ1n) is 7.20. The number of rotatable bonds is 3. The molecule has 2 saturated carbocycles. The monoisotopic (exact) mass is 267 g/mol. The molecular formula is C16H17N3O. The number of benzene rings is 1. The van der Waals surface area contributed by atoms with Crippen LogP contribution in [-0.2, 0) is 4.79 Å². The van der Waals surface area contributed by atoms with E-state index in [0.29, 0.717) is 0 Å². The molecule has 0 radical (unpaired) electrons. The fraction of sp³-hybridized carbons (Fsp3) is 0.375. The molecule has 0 aliphatic heterocycles. The Hall–Kier alpha value is -2.10. The van der Waals surface area contributed by atoms with E-state index in [0.717, 1.165) is 36.1 Å². The van der Waals surface area contributed by atoms with Gasteiger partial charge in [0.2, 0.25) is 5.91 Å². The van der Waals surface area contributed by atoms with Crippen molar-refractivity contribution in [1.29, 1.82) is 0 Å². The fourth-order valence-electron chi connectivity index (χ4n) is 3.32. The Bertz CT molecular complexity index is 625. The van der Waals surface area contributed by atoms with Crippen LogP contribution >= 0.6 is 0 Å². The van der Waals surface area contributed by atoms with Crippen molar-refractivity contribution in [3.05, 3.63) is 42.7 Å². The number of anilines is 1. The summed E-state index contributed by atoms with van der Waals surface area (Å²) < 4.78 is 1.79. The van der Waals surface area contributed by atoms with Crippen LogP contribution in [0.1, 0.15) is 19.3 Å². The minimum atomic E-state index is 0.176. The molecule has 1 aromatic carbocycles. The highest BCUT2D eigenvalue weighted by atomic mass is 16.1. The lowest BCUT2D eigenvalue weighted by Gasteiger charge is -2.13. The number of amides is 1. The van der Waals surface area contributed by atoms with Gasteiger partial charge in [-0.15, -0.1) is 0 Å². The van der Waals surface area contributed by atoms with Crippen molar-refractivity contribution in [2.45, 2.75) is 19.3 Å². The van der Waals surface area contributed by atoms with E-state index >= 15 is 0 Å². The predicted octanol–water partition coefficient (Wildman–Crippen LogP) is 2.86. The molecule has 2 fully saturated rings. The van der Waals surface area contributed by atoms with E-state index in [1.807, 2.05) is 36.5 Å². The van der Waals surface area contributed by atoms with Crippen LogP contribution in [0.25, 0.3) is 5.69 Å². The van der Waals surface area contributed by atoms with E-state index in [-0.39, 0.29) is 11.8 Å². The molecule has 4 nitrogen and oxygen atoms in total. The van der Waals surface area contributed by atoms with Gasteiger partial charge in [-0.1, -0.05) is 6.07 Å². The number of fused-ring (bicyclic) bond motifs is 1. The Balaban J connectivity index is 1.48. The summed E-state index contributed by atoms with van der Waals surface area (Å²) in [5.41, 5.74) is 1.81. The van der Waals surface area contributed by atoms with E-state index in [1.54, 1.807) is 10.9 Å². The molecule has 4 heteroatoms. The lowest BCUT2D eigenvalue weighted by molar-refractivity contribution is -0.120. The maximum atomic E-state index is 12.2. The minimum absolute atomic E-state index is 0.176. The van der Waals surface area contributed by atoms with Crippen LogP contribution in [-0.4, -0.2) is 15.7 Å². The average molecular weight is 267 g/mol. The van der Waals surface area contributed by atoms with E-state index in [2.05, 4.69) is 10.4 Å². The SMILES string of the molecule is O=C(Nc1cccc(-n2cccn2)c1)C1CC2CC2C1. The molecule has 0 bridgehead atoms. The summed E-state index contributed by atoms with van der Waals surface area (Å²) >= 11 is 0. The van der Waals surface area contributed by atoms with E-state index < -0.39 is 0 Å². The molecule has 1 aromatic heterocycles. The molecule has 2 unspecified atom stereocenters. The maximum absolute atomic E-state index is 12.2. The van der Waals surface area contributed by atoms with Crippen molar-refractivity contribution in [3.8, 4) is 5.69 Å². The van der Waals surface area contributed by atoms with Gasteiger partial charge in [-0.2, -0.15) is 5.10 Å². The molecule has 20 heavy (non-hydrogen) atoms. The average Bonchev–Trinajstić information content (AvgIpc) is 2.91. The quantitative estimate of drug-likeness (QED) is 0.929. The second kappa shape index (κ2) is 4.47. The molecule has 0 spiro atoms. The van der Waals surface area contributed by atoms with Crippen LogP contribution in [0.2, 0.25) is 0 Å². The van der Waals surface area contributed by atoms with Gasteiger partial charge in [-0.25, -0.2) is 4.68 Å². The second-order valence-electron chi connectivity index (χ2n) is 5.91. The number of carbonyl (C=O) groups is 1. The number of nitrogens with one attached hydrogen (secondary N) is 1. The summed E-state index contributed by atoms with van der Waals surface area (Å²) in [6.45, 7) is 0. The lowest BCUT2D eigenvalue weighted by atomic mass is 10.0. The summed E-state index contributed by atoms with van der Waals surface area (Å²) in [6, 6.07) is 9.70. The summed E-state index contributed by atoms with van der Waals surface area (Å²) in [7, 11) is 0. The van der Waals surface area contributed by atoms with Crippen molar-refractivity contribution >= 4 is 11.6 Å². The van der Waals surface area contributed by atoms with Gasteiger partial charge in [0.25, 0.3) is 0 Å². The fourth-order valence-corrected chi connectivity index (χ4v) is 3.32. The highest BCUT2D eigenvalue weighted by Crippen LogP contribution is 2.54. The summed E-state index contributed by atoms with van der Waals surface area (Å²) in [4.78, 5) is 12.2. The lowest BCUT2D eigenvalue weighted by Crippen LogP contribution is -2.21. The van der Waals surface area contributed by atoms with Crippen LogP contribution < -0.4 is 5.32 Å². The van der Waals surface area contributed by atoms with Gasteiger partial charge in [0.05, 0.1) is 5.69 Å². The first kappa shape index (κ1) is 11.7. The van der Waals surface area contributed by atoms with Gasteiger partial charge in [0.1, 0.15) is 0 Å². The van der Waals surface area contributed by atoms with Gasteiger partial charge in [-0.05, 0) is 55.4 Å². The van der Waals surface area contributed by atoms with Crippen LogP contribution in [0.4, 0.5) is 5.69 Å². The summed E-state index contributed by atoms with van der Waals surface area (Å²) in [6.07, 6.45) is 7.14. The Morgan fingerprint density at radius 2 is 2.05 bits per heavy atom. The van der Waals surface area contributed by atoms with Gasteiger partial charge >= 0.3 is 0 Å². The molecule has 2 aromatic rings. The van der Waals surface area contributed by atoms with Gasteiger partial charge in [0.15, 0.2) is 0 Å². The standard InChI is InChI=1S/C16H17N3O/c20-16(13-8-11-7-12(11)9-13)18-14-3-1-4-15(10-14)19-6-2-5-17-19/h1-6,10-13H,7-9H2,(H,18,20). The molecule has 0 saturated heterocycles. The molecule has 102 valence electrons. The third-order valence-electron chi connectivity index (χ3n) is 4.50. The predicted molar refractivity (Wildman–Crippen MR) is 76.5 cm³/mol. The molecule has 1 N–H and O–H groups in total. The molecule has 2 aliphatic carbocycles. The van der Waals surface area contributed by atoms with Gasteiger partial charge in [0, 0.05) is 24.0 Å². The maximum Gasteiger partial charge on any atom is 0.227 e. The topological polar surface area (TPSA) is 46.9 Å². The van der Waals surface area contributed by atoms with E-state index in [4.69, 9.17) is 0 Å². The molecule has 2 aliphatic rings. The second-order valence-corrected chi connectivity index (χ2v) is 5.91. The first-order valence-corrected chi connectivity index (χ1v) is 7.20. The van der Waals surface area contributed by atoms with Gasteiger partial charge in [-0.3, -0.25) is 4.79 Å². The summed E-state index contributed by atoms with van der Waals surface area (Å²) in [5, 5.41) is 7.25. The highest BCUT2D eigenvalue weighted by Gasteiger charge is 2.47. The Morgan fingerprint density at radius 3 is 2.80 bits per heavy atom. The van der Waals surface area contributed by atoms with Crippen LogP contribution in [0, 0.1) is 17.8 Å². The summed E-state index contributed by atoms with van der Waals surface area (Å²) in [5.74, 6) is 2.06. The molecular weight excluding hydrogens is 250 g/mol. The number of hydrogen-bond acceptors (Lipinski definition) is 2. The zero-order chi connectivity index (χ0) is 13.5. The normalized spacial score (nSPS) is 27.1. The molecule has 2 atom stereocenters. The van der Waals surface area contributed by atoms with Crippen LogP contribution in [0.3, 0.4) is 0 Å². The Morgan fingerprint density at radius 1 is 1.20 bits per heavy atom. The van der Waals surface area contributed by atoms with Crippen molar-refractivity contribution in [1.82, 2.24) is 9.78 Å². The first-order chi connectivity index (χ1) is 9.79. The zero-order valence-electron chi connectivity index (χ0n) is 11.2. The van der Waals surface area contributed by atoms with Gasteiger partial charge < -0.3 is 5.32 Å². The number of carbonyl (C=O) groups excluding carboxylic acids is 1. The minimum Gasteiger partial charge on any atom is -0.326 e. The Labute approximate surface area is 117 Å². The number of nitrogens with zero attached hydrogens (tertiary/aromatic N) is 2. The van der Waals surface area contributed by atoms with E-state index in [1.165, 1.54) is 6.42 Å². The van der Waals surface area contributed by atoms with Crippen LogP contribution in [0.15, 0.2) is 42.7 Å². The van der Waals surface area contributed by atoms with Crippen molar-refractivity contribution < 1.29 is 4.79 Å².